The fourth-order valence-corrected chi connectivity index (χ4v) is 5.85. The molecule has 1 aliphatic heterocycles. The molecule has 4 aromatic rings. The van der Waals surface area contributed by atoms with E-state index >= 15 is 0 Å². The average Bonchev–Trinajstić information content (AvgIpc) is 3.29. The first-order valence-electron chi connectivity index (χ1n) is 9.68. The topological polar surface area (TPSA) is 78.3 Å². The van der Waals surface area contributed by atoms with E-state index in [1.165, 1.54) is 0 Å². The molecule has 1 unspecified atom stereocenters. The Labute approximate surface area is 187 Å². The predicted octanol–water partition coefficient (Wildman–Crippen LogP) is 4.58. The minimum Gasteiger partial charge on any atom is -0.493 e. The molecule has 1 aliphatic rings. The number of fused-ring (bicyclic) bond motifs is 2. The first-order valence-corrected chi connectivity index (χ1v) is 11.5. The van der Waals surface area contributed by atoms with Crippen LogP contribution in [0.1, 0.15) is 22.1 Å². The van der Waals surface area contributed by atoms with Crippen LogP contribution < -0.4 is 14.8 Å². The van der Waals surface area contributed by atoms with E-state index in [2.05, 4.69) is 5.32 Å². The molecule has 0 bridgehead atoms. The third-order valence-electron chi connectivity index (χ3n) is 5.18. The number of anilines is 1. The molecule has 1 amide bonds. The number of nitrogens with zero attached hydrogens (tertiary/aromatic N) is 3. The van der Waals surface area contributed by atoms with Crippen LogP contribution in [-0.2, 0) is 4.79 Å². The summed E-state index contributed by atoms with van der Waals surface area (Å²) >= 11 is 3.12. The van der Waals surface area contributed by atoms with Crippen molar-refractivity contribution in [2.75, 3.05) is 25.3 Å². The van der Waals surface area contributed by atoms with Gasteiger partial charge in [0.1, 0.15) is 5.82 Å². The molecule has 5 rings (SSSR count). The SMILES string of the molecule is COc1ccc(C2SCC(=O)Nc3c2c(C)nn3-c2nc3ccccc3s2)cc1OC. The van der Waals surface area contributed by atoms with Gasteiger partial charge in [0.2, 0.25) is 11.0 Å². The van der Waals surface area contributed by atoms with Crippen LogP contribution in [0.5, 0.6) is 11.5 Å². The van der Waals surface area contributed by atoms with Crippen molar-refractivity contribution in [1.82, 2.24) is 14.8 Å². The monoisotopic (exact) mass is 452 g/mol. The van der Waals surface area contributed by atoms with Gasteiger partial charge in [-0.2, -0.15) is 9.78 Å². The Kier molecular flexibility index (Phi) is 5.07. The van der Waals surface area contributed by atoms with E-state index in [0.717, 1.165) is 32.2 Å². The van der Waals surface area contributed by atoms with Gasteiger partial charge < -0.3 is 14.8 Å². The molecule has 0 aliphatic carbocycles. The molecule has 7 nitrogen and oxygen atoms in total. The number of amides is 1. The number of thioether (sulfide) groups is 1. The molecule has 31 heavy (non-hydrogen) atoms. The number of hydrogen-bond acceptors (Lipinski definition) is 7. The number of carbonyl (C=O) groups excluding carboxylic acids is 1. The Balaban J connectivity index is 1.66. The maximum atomic E-state index is 12.6. The fourth-order valence-electron chi connectivity index (χ4n) is 3.75. The zero-order valence-electron chi connectivity index (χ0n) is 17.2. The Hall–Kier alpha value is -3.04. The summed E-state index contributed by atoms with van der Waals surface area (Å²) in [5, 5.41) is 8.46. The largest absolute Gasteiger partial charge is 0.493 e. The van der Waals surface area contributed by atoms with Crippen LogP contribution in [0.2, 0.25) is 0 Å². The lowest BCUT2D eigenvalue weighted by molar-refractivity contribution is -0.113. The number of nitrogens with one attached hydrogen (secondary N) is 1. The number of benzene rings is 2. The predicted molar refractivity (Wildman–Crippen MR) is 124 cm³/mol. The zero-order chi connectivity index (χ0) is 21.5. The molecule has 0 saturated carbocycles. The van der Waals surface area contributed by atoms with Crippen LogP contribution in [-0.4, -0.2) is 40.6 Å². The Morgan fingerprint density at radius 2 is 1.94 bits per heavy atom. The number of para-hydroxylation sites is 1. The molecule has 2 aromatic heterocycles. The van der Waals surface area contributed by atoms with E-state index in [0.29, 0.717) is 23.1 Å². The van der Waals surface area contributed by atoms with Gasteiger partial charge in [0.25, 0.3) is 0 Å². The van der Waals surface area contributed by atoms with Gasteiger partial charge in [0.05, 0.1) is 41.1 Å². The molecule has 9 heteroatoms. The number of ether oxygens (including phenoxy) is 2. The van der Waals surface area contributed by atoms with Crippen molar-refractivity contribution < 1.29 is 14.3 Å². The molecular weight excluding hydrogens is 432 g/mol. The Bertz CT molecular complexity index is 1260. The van der Waals surface area contributed by atoms with Crippen LogP contribution >= 0.6 is 23.1 Å². The summed E-state index contributed by atoms with van der Waals surface area (Å²) in [6, 6.07) is 13.8. The fraction of sp³-hybridized carbons (Fsp3) is 0.227. The van der Waals surface area contributed by atoms with Gasteiger partial charge in [-0.1, -0.05) is 29.5 Å². The minimum atomic E-state index is -0.0862. The molecular formula is C22H20N4O3S2. The normalized spacial score (nSPS) is 16.0. The second kappa shape index (κ2) is 7.90. The van der Waals surface area contributed by atoms with Gasteiger partial charge in [0.15, 0.2) is 11.5 Å². The Morgan fingerprint density at radius 1 is 1.13 bits per heavy atom. The highest BCUT2D eigenvalue weighted by atomic mass is 32.2. The molecule has 1 atom stereocenters. The number of aryl methyl sites for hydroxylation is 1. The molecule has 0 spiro atoms. The molecule has 3 heterocycles. The summed E-state index contributed by atoms with van der Waals surface area (Å²) in [5.41, 5.74) is 3.76. The summed E-state index contributed by atoms with van der Waals surface area (Å²) in [6.07, 6.45) is 0. The average molecular weight is 453 g/mol. The van der Waals surface area contributed by atoms with Gasteiger partial charge in [0, 0.05) is 5.56 Å². The second-order valence-corrected chi connectivity index (χ2v) is 9.18. The van der Waals surface area contributed by atoms with Crippen LogP contribution in [0.3, 0.4) is 0 Å². The van der Waals surface area contributed by atoms with Crippen molar-refractivity contribution in [3.05, 3.63) is 59.3 Å². The molecule has 0 fully saturated rings. The maximum Gasteiger partial charge on any atom is 0.235 e. The maximum absolute atomic E-state index is 12.6. The first-order chi connectivity index (χ1) is 15.1. The van der Waals surface area contributed by atoms with E-state index in [-0.39, 0.29) is 11.2 Å². The van der Waals surface area contributed by atoms with Crippen molar-refractivity contribution in [2.45, 2.75) is 12.2 Å². The van der Waals surface area contributed by atoms with E-state index in [1.54, 1.807) is 42.0 Å². The molecule has 0 radical (unpaired) electrons. The van der Waals surface area contributed by atoms with Gasteiger partial charge in [-0.15, -0.1) is 11.8 Å². The van der Waals surface area contributed by atoms with Crippen LogP contribution in [0.4, 0.5) is 5.82 Å². The molecule has 0 saturated heterocycles. The standard InChI is InChI=1S/C22H20N4O3S2/c1-12-19-20(13-8-9-15(28-2)16(10-13)29-3)30-11-18(27)24-21(19)26(25-12)22-23-14-6-4-5-7-17(14)31-22/h4-10,20H,11H2,1-3H3,(H,24,27). The number of hydrogen-bond donors (Lipinski definition) is 1. The smallest absolute Gasteiger partial charge is 0.235 e. The van der Waals surface area contributed by atoms with Gasteiger partial charge >= 0.3 is 0 Å². The molecule has 2 aromatic carbocycles. The van der Waals surface area contributed by atoms with Gasteiger partial charge in [-0.3, -0.25) is 4.79 Å². The quantitative estimate of drug-likeness (QED) is 0.488. The third kappa shape index (κ3) is 3.43. The van der Waals surface area contributed by atoms with Crippen LogP contribution in [0.15, 0.2) is 42.5 Å². The highest BCUT2D eigenvalue weighted by molar-refractivity contribution is 8.00. The summed E-state index contributed by atoms with van der Waals surface area (Å²) < 4.78 is 13.7. The summed E-state index contributed by atoms with van der Waals surface area (Å²) in [6.45, 7) is 1.97. The van der Waals surface area contributed by atoms with Gasteiger partial charge in [-0.25, -0.2) is 4.98 Å². The second-order valence-electron chi connectivity index (χ2n) is 7.08. The summed E-state index contributed by atoms with van der Waals surface area (Å²) in [5.74, 6) is 2.28. The van der Waals surface area contributed by atoms with Crippen molar-refractivity contribution in [3.8, 4) is 16.6 Å². The summed E-state index contributed by atoms with van der Waals surface area (Å²) in [4.78, 5) is 17.3. The number of rotatable bonds is 4. The number of aromatic nitrogens is 3. The van der Waals surface area contributed by atoms with E-state index in [1.807, 2.05) is 49.4 Å². The summed E-state index contributed by atoms with van der Waals surface area (Å²) in [7, 11) is 3.24. The number of thiazole rings is 1. The first kappa shape index (κ1) is 19.9. The lowest BCUT2D eigenvalue weighted by Crippen LogP contribution is -2.15. The van der Waals surface area contributed by atoms with E-state index in [4.69, 9.17) is 19.6 Å². The van der Waals surface area contributed by atoms with Crippen molar-refractivity contribution >= 4 is 45.0 Å². The number of methoxy groups -OCH3 is 2. The number of carbonyl (C=O) groups is 1. The van der Waals surface area contributed by atoms with Crippen molar-refractivity contribution in [2.24, 2.45) is 0 Å². The van der Waals surface area contributed by atoms with E-state index < -0.39 is 0 Å². The third-order valence-corrected chi connectivity index (χ3v) is 7.46. The van der Waals surface area contributed by atoms with Crippen LogP contribution in [0, 0.1) is 6.92 Å². The zero-order valence-corrected chi connectivity index (χ0v) is 18.8. The lowest BCUT2D eigenvalue weighted by Gasteiger charge is -2.17. The lowest BCUT2D eigenvalue weighted by atomic mass is 10.0. The van der Waals surface area contributed by atoms with Crippen LogP contribution in [0.25, 0.3) is 15.3 Å². The molecule has 1 N–H and O–H groups in total. The van der Waals surface area contributed by atoms with Gasteiger partial charge in [-0.05, 0) is 36.8 Å². The van der Waals surface area contributed by atoms with E-state index in [9.17, 15) is 4.79 Å². The highest BCUT2D eigenvalue weighted by Gasteiger charge is 2.31. The minimum absolute atomic E-state index is 0.0588. The van der Waals surface area contributed by atoms with Crippen molar-refractivity contribution in [3.63, 3.8) is 0 Å². The van der Waals surface area contributed by atoms with Crippen molar-refractivity contribution in [1.29, 1.82) is 0 Å². The Morgan fingerprint density at radius 3 is 2.71 bits per heavy atom. The molecule has 158 valence electrons. The highest BCUT2D eigenvalue weighted by Crippen LogP contribution is 2.46.